The Morgan fingerprint density at radius 3 is 2.90 bits per heavy atom. The van der Waals surface area contributed by atoms with Gasteiger partial charge in [-0.2, -0.15) is 0 Å². The molecule has 0 aliphatic rings. The van der Waals surface area contributed by atoms with Gasteiger partial charge in [0.25, 0.3) is 0 Å². The van der Waals surface area contributed by atoms with Gasteiger partial charge in [0.05, 0.1) is 13.2 Å². The molecule has 0 spiro atoms. The van der Waals surface area contributed by atoms with E-state index in [2.05, 4.69) is 37.5 Å². The summed E-state index contributed by atoms with van der Waals surface area (Å²) in [4.78, 5) is 1.92. The van der Waals surface area contributed by atoms with Gasteiger partial charge in [0.15, 0.2) is 0 Å². The monoisotopic (exact) mass is 354 g/mol. The lowest BCUT2D eigenvalue weighted by Gasteiger charge is -2.14. The second-order valence-corrected chi connectivity index (χ2v) is 5.45. The molecule has 0 unspecified atom stereocenters. The highest BCUT2D eigenvalue weighted by molar-refractivity contribution is 9.10. The molecule has 1 aromatic carbocycles. The van der Waals surface area contributed by atoms with Crippen LogP contribution in [0.1, 0.15) is 11.5 Å². The number of anilines is 1. The Kier molecular flexibility index (Phi) is 6.16. The minimum atomic E-state index is 0.509. The Morgan fingerprint density at radius 2 is 2.14 bits per heavy atom. The van der Waals surface area contributed by atoms with E-state index in [1.165, 1.54) is 0 Å². The fourth-order valence-corrected chi connectivity index (χ4v) is 2.20. The maximum atomic E-state index is 5.62. The third-order valence-corrected chi connectivity index (χ3v) is 3.68. The van der Waals surface area contributed by atoms with E-state index in [9.17, 15) is 0 Å². The van der Waals surface area contributed by atoms with Crippen LogP contribution in [-0.4, -0.2) is 37.5 Å². The number of ether oxygens (including phenoxy) is 1. The van der Waals surface area contributed by atoms with Crippen LogP contribution < -0.4 is 10.2 Å². The molecule has 114 valence electrons. The Balaban J connectivity index is 1.90. The number of hydrogen-bond donors (Lipinski definition) is 1. The summed E-state index contributed by atoms with van der Waals surface area (Å²) in [7, 11) is 3.60. The van der Waals surface area contributed by atoms with Crippen LogP contribution in [0.3, 0.4) is 0 Å². The fraction of sp³-hybridized carbons (Fsp3) is 0.429. The van der Waals surface area contributed by atoms with Gasteiger partial charge < -0.3 is 19.4 Å². The average Bonchev–Trinajstić information content (AvgIpc) is 2.95. The number of halogens is 1. The molecule has 0 atom stereocenters. The smallest absolute Gasteiger partial charge is 0.318 e. The largest absolute Gasteiger partial charge is 0.407 e. The molecule has 2 rings (SSSR count). The summed E-state index contributed by atoms with van der Waals surface area (Å²) >= 11 is 3.54. The number of rotatable bonds is 8. The van der Waals surface area contributed by atoms with Crippen LogP contribution in [0.2, 0.25) is 0 Å². The first-order valence-corrected chi connectivity index (χ1v) is 7.46. The first-order chi connectivity index (χ1) is 10.2. The molecule has 0 bridgehead atoms. The number of nitrogens with one attached hydrogen (secondary N) is 1. The van der Waals surface area contributed by atoms with Crippen molar-refractivity contribution in [3.8, 4) is 0 Å². The number of hydrogen-bond acceptors (Lipinski definition) is 6. The van der Waals surface area contributed by atoms with Crippen molar-refractivity contribution in [3.63, 3.8) is 0 Å². The predicted octanol–water partition coefficient (Wildman–Crippen LogP) is 2.20. The van der Waals surface area contributed by atoms with Gasteiger partial charge >= 0.3 is 6.01 Å². The van der Waals surface area contributed by atoms with Crippen LogP contribution in [-0.2, 0) is 17.8 Å². The van der Waals surface area contributed by atoms with Crippen LogP contribution in [0.25, 0.3) is 0 Å². The summed E-state index contributed by atoms with van der Waals surface area (Å²) < 4.78 is 11.6. The molecule has 0 saturated carbocycles. The quantitative estimate of drug-likeness (QED) is 0.733. The van der Waals surface area contributed by atoms with Gasteiger partial charge in [-0.25, -0.2) is 0 Å². The Labute approximate surface area is 132 Å². The summed E-state index contributed by atoms with van der Waals surface area (Å²) in [6, 6.07) is 8.58. The lowest BCUT2D eigenvalue weighted by molar-refractivity contribution is 0.198. The second kappa shape index (κ2) is 8.11. The highest BCUT2D eigenvalue weighted by atomic mass is 79.9. The van der Waals surface area contributed by atoms with Crippen molar-refractivity contribution in [1.82, 2.24) is 15.5 Å². The molecule has 0 saturated heterocycles. The summed E-state index contributed by atoms with van der Waals surface area (Å²) in [6.45, 7) is 2.64. The Bertz CT molecular complexity index is 561. The van der Waals surface area contributed by atoms with Crippen molar-refractivity contribution >= 4 is 21.9 Å². The second-order valence-electron chi connectivity index (χ2n) is 4.60. The first kappa shape index (κ1) is 15.9. The molecule has 0 amide bonds. The van der Waals surface area contributed by atoms with Crippen molar-refractivity contribution in [1.29, 1.82) is 0 Å². The maximum absolute atomic E-state index is 5.62. The summed E-state index contributed by atoms with van der Waals surface area (Å²) in [5.74, 6) is 0.570. The number of methoxy groups -OCH3 is 1. The third kappa shape index (κ3) is 4.80. The Hall–Kier alpha value is -1.44. The van der Waals surface area contributed by atoms with Gasteiger partial charge in [-0.1, -0.05) is 39.2 Å². The van der Waals surface area contributed by atoms with E-state index in [0.717, 1.165) is 16.6 Å². The molecule has 1 heterocycles. The molecule has 21 heavy (non-hydrogen) atoms. The van der Waals surface area contributed by atoms with E-state index in [1.54, 1.807) is 7.11 Å². The van der Waals surface area contributed by atoms with E-state index < -0.39 is 0 Å². The minimum absolute atomic E-state index is 0.509. The van der Waals surface area contributed by atoms with Gasteiger partial charge in [-0.15, -0.1) is 5.10 Å². The summed E-state index contributed by atoms with van der Waals surface area (Å²) in [6.07, 6.45) is 0. The summed E-state index contributed by atoms with van der Waals surface area (Å²) in [5.41, 5.74) is 1.16. The van der Waals surface area contributed by atoms with E-state index in [-0.39, 0.29) is 0 Å². The highest BCUT2D eigenvalue weighted by Crippen LogP contribution is 2.20. The average molecular weight is 355 g/mol. The van der Waals surface area contributed by atoms with Crippen LogP contribution in [0.5, 0.6) is 0 Å². The number of benzene rings is 1. The zero-order valence-electron chi connectivity index (χ0n) is 12.2. The fourth-order valence-electron chi connectivity index (χ4n) is 1.79. The van der Waals surface area contributed by atoms with Gasteiger partial charge in [-0.05, 0) is 11.6 Å². The first-order valence-electron chi connectivity index (χ1n) is 6.67. The van der Waals surface area contributed by atoms with Crippen molar-refractivity contribution in [2.45, 2.75) is 13.1 Å². The van der Waals surface area contributed by atoms with Gasteiger partial charge in [-0.3, -0.25) is 0 Å². The van der Waals surface area contributed by atoms with E-state index >= 15 is 0 Å². The molecule has 7 heteroatoms. The lowest BCUT2D eigenvalue weighted by Crippen LogP contribution is -2.18. The van der Waals surface area contributed by atoms with Crippen molar-refractivity contribution in [2.24, 2.45) is 0 Å². The van der Waals surface area contributed by atoms with Crippen molar-refractivity contribution in [2.75, 3.05) is 32.2 Å². The molecule has 0 aliphatic heterocycles. The molecule has 2 aromatic rings. The van der Waals surface area contributed by atoms with Gasteiger partial charge in [0, 0.05) is 31.7 Å². The predicted molar refractivity (Wildman–Crippen MR) is 84.1 cm³/mol. The van der Waals surface area contributed by atoms with E-state index in [0.29, 0.717) is 31.6 Å². The highest BCUT2D eigenvalue weighted by Gasteiger charge is 2.12. The summed E-state index contributed by atoms with van der Waals surface area (Å²) in [5, 5.41) is 11.3. The topological polar surface area (TPSA) is 63.4 Å². The zero-order chi connectivity index (χ0) is 15.1. The van der Waals surface area contributed by atoms with Crippen LogP contribution in [0.15, 0.2) is 33.2 Å². The standard InChI is InChI=1S/C14H19BrN4O2/c1-19(10-11-5-3-4-6-12(11)15)14-18-17-13(21-14)9-16-7-8-20-2/h3-6,16H,7-10H2,1-2H3. The SMILES string of the molecule is COCCNCc1nnc(N(C)Cc2ccccc2Br)o1. The van der Waals surface area contributed by atoms with Crippen molar-refractivity contribution < 1.29 is 9.15 Å². The third-order valence-electron chi connectivity index (χ3n) is 2.91. The molecule has 0 radical (unpaired) electrons. The molecular formula is C14H19BrN4O2. The zero-order valence-corrected chi connectivity index (χ0v) is 13.8. The lowest BCUT2D eigenvalue weighted by atomic mass is 10.2. The Morgan fingerprint density at radius 1 is 1.33 bits per heavy atom. The van der Waals surface area contributed by atoms with Gasteiger partial charge in [0.2, 0.25) is 5.89 Å². The number of nitrogens with zero attached hydrogens (tertiary/aromatic N) is 3. The molecule has 1 N–H and O–H groups in total. The molecular weight excluding hydrogens is 336 g/mol. The number of aromatic nitrogens is 2. The van der Waals surface area contributed by atoms with E-state index in [1.807, 2.05) is 30.1 Å². The van der Waals surface area contributed by atoms with Gasteiger partial charge in [0.1, 0.15) is 0 Å². The molecule has 6 nitrogen and oxygen atoms in total. The normalized spacial score (nSPS) is 10.8. The van der Waals surface area contributed by atoms with Crippen LogP contribution in [0, 0.1) is 0 Å². The molecule has 1 aromatic heterocycles. The van der Waals surface area contributed by atoms with Crippen LogP contribution >= 0.6 is 15.9 Å². The molecule has 0 fully saturated rings. The molecule has 0 aliphatic carbocycles. The minimum Gasteiger partial charge on any atom is -0.407 e. The van der Waals surface area contributed by atoms with Crippen molar-refractivity contribution in [3.05, 3.63) is 40.2 Å². The maximum Gasteiger partial charge on any atom is 0.318 e. The van der Waals surface area contributed by atoms with Crippen LogP contribution in [0.4, 0.5) is 6.01 Å². The van der Waals surface area contributed by atoms with E-state index in [4.69, 9.17) is 9.15 Å².